The van der Waals surface area contributed by atoms with Crippen molar-refractivity contribution < 1.29 is 13.6 Å². The van der Waals surface area contributed by atoms with Gasteiger partial charge in [-0.15, -0.1) is 0 Å². The highest BCUT2D eigenvalue weighted by molar-refractivity contribution is 5.89. The monoisotopic (exact) mass is 392 g/mol. The van der Waals surface area contributed by atoms with Crippen LogP contribution in [0.15, 0.2) is 24.3 Å². The molecule has 5 nitrogen and oxygen atoms in total. The number of carbonyl (C=O) groups excluding carboxylic acids is 1. The second-order valence-corrected chi connectivity index (χ2v) is 8.06. The highest BCUT2D eigenvalue weighted by Gasteiger charge is 2.21. The Kier molecular flexibility index (Phi) is 7.16. The Morgan fingerprint density at radius 3 is 2.29 bits per heavy atom. The van der Waals surface area contributed by atoms with Gasteiger partial charge in [-0.05, 0) is 36.0 Å². The fraction of sp³-hybridized carbons (Fsp3) is 0.524. The van der Waals surface area contributed by atoms with Crippen LogP contribution in [0.4, 0.5) is 19.3 Å². The van der Waals surface area contributed by atoms with Crippen molar-refractivity contribution in [3.8, 4) is 0 Å². The van der Waals surface area contributed by atoms with E-state index in [4.69, 9.17) is 5.10 Å². The first-order valence-corrected chi connectivity index (χ1v) is 9.68. The molecule has 154 valence electrons. The maximum atomic E-state index is 13.8. The SMILES string of the molecule is CC(C)c1cc(C(C)C)n(C[C@@H](NC(=O)Nc2ccc(F)cc2F)C(C)C)n1. The van der Waals surface area contributed by atoms with Gasteiger partial charge in [0.05, 0.1) is 24.0 Å². The van der Waals surface area contributed by atoms with Crippen LogP contribution < -0.4 is 10.6 Å². The topological polar surface area (TPSA) is 59.0 Å². The minimum Gasteiger partial charge on any atom is -0.333 e. The number of hydrogen-bond acceptors (Lipinski definition) is 2. The van der Waals surface area contributed by atoms with E-state index in [9.17, 15) is 13.6 Å². The van der Waals surface area contributed by atoms with Crippen LogP contribution in [0.5, 0.6) is 0 Å². The molecule has 1 atom stereocenters. The summed E-state index contributed by atoms with van der Waals surface area (Å²) in [4.78, 5) is 12.4. The zero-order chi connectivity index (χ0) is 21.0. The normalized spacial score (nSPS) is 12.7. The lowest BCUT2D eigenvalue weighted by Crippen LogP contribution is -2.44. The molecule has 2 rings (SSSR count). The molecule has 0 aliphatic carbocycles. The molecule has 0 aliphatic rings. The highest BCUT2D eigenvalue weighted by Crippen LogP contribution is 2.22. The summed E-state index contributed by atoms with van der Waals surface area (Å²) in [6.07, 6.45) is 0. The molecular formula is C21H30F2N4O. The largest absolute Gasteiger partial charge is 0.333 e. The van der Waals surface area contributed by atoms with Gasteiger partial charge in [-0.25, -0.2) is 13.6 Å². The van der Waals surface area contributed by atoms with Gasteiger partial charge in [0, 0.05) is 11.8 Å². The molecule has 0 unspecified atom stereocenters. The molecule has 0 spiro atoms. The number of nitrogens with one attached hydrogen (secondary N) is 2. The number of amides is 2. The number of nitrogens with zero attached hydrogens (tertiary/aromatic N) is 2. The minimum atomic E-state index is -0.813. The molecule has 0 fully saturated rings. The molecule has 1 aromatic heterocycles. The Bertz CT molecular complexity index is 815. The van der Waals surface area contributed by atoms with Gasteiger partial charge in [0.25, 0.3) is 0 Å². The predicted molar refractivity (Wildman–Crippen MR) is 108 cm³/mol. The molecule has 1 aromatic carbocycles. The third-order valence-electron chi connectivity index (χ3n) is 4.68. The highest BCUT2D eigenvalue weighted by atomic mass is 19.1. The molecular weight excluding hydrogens is 362 g/mol. The van der Waals surface area contributed by atoms with Crippen LogP contribution >= 0.6 is 0 Å². The first kappa shape index (κ1) is 21.9. The van der Waals surface area contributed by atoms with Crippen molar-refractivity contribution in [2.75, 3.05) is 5.32 Å². The number of carbonyl (C=O) groups is 1. The van der Waals surface area contributed by atoms with E-state index in [1.807, 2.05) is 18.5 Å². The Morgan fingerprint density at radius 1 is 1.07 bits per heavy atom. The first-order chi connectivity index (χ1) is 13.1. The van der Waals surface area contributed by atoms with E-state index in [0.29, 0.717) is 18.4 Å². The van der Waals surface area contributed by atoms with Crippen LogP contribution in [-0.2, 0) is 6.54 Å². The number of halogens is 2. The van der Waals surface area contributed by atoms with Crippen molar-refractivity contribution in [1.82, 2.24) is 15.1 Å². The average molecular weight is 392 g/mol. The fourth-order valence-electron chi connectivity index (χ4n) is 2.87. The number of anilines is 1. The Balaban J connectivity index is 2.14. The van der Waals surface area contributed by atoms with Gasteiger partial charge in [0.1, 0.15) is 11.6 Å². The molecule has 1 heterocycles. The molecule has 0 saturated carbocycles. The van der Waals surface area contributed by atoms with Crippen molar-refractivity contribution in [2.24, 2.45) is 5.92 Å². The summed E-state index contributed by atoms with van der Waals surface area (Å²) in [5.41, 5.74) is 2.07. The van der Waals surface area contributed by atoms with E-state index in [0.717, 1.165) is 23.5 Å². The summed E-state index contributed by atoms with van der Waals surface area (Å²) in [5, 5.41) is 10.0. The standard InChI is InChI=1S/C21H30F2N4O/c1-12(2)18-10-20(14(5)6)27(26-18)11-19(13(3)4)25-21(28)24-17-8-7-15(22)9-16(17)23/h7-10,12-14,19H,11H2,1-6H3,(H2,24,25,28)/t19-/m1/s1. The molecule has 0 radical (unpaired) electrons. The van der Waals surface area contributed by atoms with Gasteiger partial charge in [-0.1, -0.05) is 41.5 Å². The lowest BCUT2D eigenvalue weighted by molar-refractivity contribution is 0.240. The van der Waals surface area contributed by atoms with Crippen molar-refractivity contribution in [3.63, 3.8) is 0 Å². The van der Waals surface area contributed by atoms with Gasteiger partial charge in [0.15, 0.2) is 0 Å². The third-order valence-corrected chi connectivity index (χ3v) is 4.68. The van der Waals surface area contributed by atoms with Crippen LogP contribution in [0.2, 0.25) is 0 Å². The van der Waals surface area contributed by atoms with Gasteiger partial charge >= 0.3 is 6.03 Å². The van der Waals surface area contributed by atoms with E-state index in [-0.39, 0.29) is 17.6 Å². The summed E-state index contributed by atoms with van der Waals surface area (Å²) in [5.74, 6) is -0.754. The van der Waals surface area contributed by atoms with E-state index in [1.165, 1.54) is 6.07 Å². The molecule has 0 saturated heterocycles. The molecule has 0 aliphatic heterocycles. The first-order valence-electron chi connectivity index (χ1n) is 9.68. The zero-order valence-electron chi connectivity index (χ0n) is 17.4. The lowest BCUT2D eigenvalue weighted by atomic mass is 10.0. The third kappa shape index (κ3) is 5.53. The van der Waals surface area contributed by atoms with E-state index in [1.54, 1.807) is 0 Å². The molecule has 2 amide bonds. The lowest BCUT2D eigenvalue weighted by Gasteiger charge is -2.24. The second-order valence-electron chi connectivity index (χ2n) is 8.06. The predicted octanol–water partition coefficient (Wildman–Crippen LogP) is 5.25. The molecule has 2 aromatic rings. The Morgan fingerprint density at radius 2 is 1.75 bits per heavy atom. The van der Waals surface area contributed by atoms with E-state index in [2.05, 4.69) is 44.4 Å². The van der Waals surface area contributed by atoms with Crippen molar-refractivity contribution in [1.29, 1.82) is 0 Å². The number of hydrogen-bond donors (Lipinski definition) is 2. The van der Waals surface area contributed by atoms with Gasteiger partial charge in [0.2, 0.25) is 0 Å². The number of urea groups is 1. The molecule has 7 heteroatoms. The maximum Gasteiger partial charge on any atom is 0.319 e. The quantitative estimate of drug-likeness (QED) is 0.676. The van der Waals surface area contributed by atoms with Gasteiger partial charge in [-0.3, -0.25) is 4.68 Å². The van der Waals surface area contributed by atoms with Crippen LogP contribution in [0.25, 0.3) is 0 Å². The summed E-state index contributed by atoms with van der Waals surface area (Å²) in [6.45, 7) is 12.9. The van der Waals surface area contributed by atoms with Crippen LogP contribution in [0.3, 0.4) is 0 Å². The number of benzene rings is 1. The Hall–Kier alpha value is -2.44. The van der Waals surface area contributed by atoms with E-state index >= 15 is 0 Å². The van der Waals surface area contributed by atoms with Crippen LogP contribution in [0.1, 0.15) is 64.8 Å². The van der Waals surface area contributed by atoms with Crippen molar-refractivity contribution in [2.45, 2.75) is 66.0 Å². The summed E-state index contributed by atoms with van der Waals surface area (Å²) >= 11 is 0. The summed E-state index contributed by atoms with van der Waals surface area (Å²) in [6, 6.07) is 4.41. The van der Waals surface area contributed by atoms with Crippen molar-refractivity contribution >= 4 is 11.7 Å². The zero-order valence-corrected chi connectivity index (χ0v) is 17.4. The molecule has 28 heavy (non-hydrogen) atoms. The van der Waals surface area contributed by atoms with Crippen LogP contribution in [-0.4, -0.2) is 21.9 Å². The number of rotatable bonds is 7. The van der Waals surface area contributed by atoms with E-state index < -0.39 is 17.7 Å². The second kappa shape index (κ2) is 9.17. The van der Waals surface area contributed by atoms with Crippen LogP contribution in [0, 0.1) is 17.6 Å². The smallest absolute Gasteiger partial charge is 0.319 e. The summed E-state index contributed by atoms with van der Waals surface area (Å²) < 4.78 is 28.8. The number of aromatic nitrogens is 2. The van der Waals surface area contributed by atoms with Crippen molar-refractivity contribution in [3.05, 3.63) is 47.3 Å². The summed E-state index contributed by atoms with van der Waals surface area (Å²) in [7, 11) is 0. The molecule has 0 bridgehead atoms. The van der Waals surface area contributed by atoms with Gasteiger partial charge in [-0.2, -0.15) is 5.10 Å². The van der Waals surface area contributed by atoms with Gasteiger partial charge < -0.3 is 10.6 Å². The minimum absolute atomic E-state index is 0.0644. The maximum absolute atomic E-state index is 13.8. The fourth-order valence-corrected chi connectivity index (χ4v) is 2.87. The molecule has 2 N–H and O–H groups in total. The average Bonchev–Trinajstić information content (AvgIpc) is 3.01. The Labute approximate surface area is 165 Å².